The average molecular weight is 259 g/mol. The number of esters is 1. The minimum atomic E-state index is -0.494. The summed E-state index contributed by atoms with van der Waals surface area (Å²) in [5.41, 5.74) is 2.01. The van der Waals surface area contributed by atoms with Gasteiger partial charge in [-0.2, -0.15) is 0 Å². The molecule has 19 heavy (non-hydrogen) atoms. The predicted molar refractivity (Wildman–Crippen MR) is 69.2 cm³/mol. The fourth-order valence-electron chi connectivity index (χ4n) is 1.63. The second kappa shape index (κ2) is 5.39. The van der Waals surface area contributed by atoms with Gasteiger partial charge >= 0.3 is 5.97 Å². The Kier molecular flexibility index (Phi) is 3.66. The lowest BCUT2D eigenvalue weighted by Crippen LogP contribution is -2.15. The number of methoxy groups -OCH3 is 1. The molecule has 1 amide bonds. The summed E-state index contributed by atoms with van der Waals surface area (Å²) in [6.45, 7) is 1.86. The number of nitrogens with one attached hydrogen (secondary N) is 1. The Morgan fingerprint density at radius 1 is 1.26 bits per heavy atom. The topological polar surface area (TPSA) is 68.5 Å². The third-order valence-corrected chi connectivity index (χ3v) is 2.61. The molecule has 0 saturated heterocycles. The van der Waals surface area contributed by atoms with Gasteiger partial charge in [-0.3, -0.25) is 4.79 Å². The molecule has 5 nitrogen and oxygen atoms in total. The molecule has 0 unspecified atom stereocenters. The van der Waals surface area contributed by atoms with Gasteiger partial charge in [0.2, 0.25) is 0 Å². The lowest BCUT2D eigenvalue weighted by molar-refractivity contribution is 0.0602. The second-order valence-electron chi connectivity index (χ2n) is 4.01. The van der Waals surface area contributed by atoms with Crippen molar-refractivity contribution in [3.05, 3.63) is 53.5 Å². The quantitative estimate of drug-likeness (QED) is 0.860. The zero-order chi connectivity index (χ0) is 13.8. The monoisotopic (exact) mass is 259 g/mol. The van der Waals surface area contributed by atoms with E-state index in [1.54, 1.807) is 24.3 Å². The van der Waals surface area contributed by atoms with Crippen molar-refractivity contribution in [2.45, 2.75) is 6.92 Å². The number of anilines is 1. The Morgan fingerprint density at radius 2 is 2.05 bits per heavy atom. The number of furan rings is 1. The molecule has 5 heteroatoms. The summed E-state index contributed by atoms with van der Waals surface area (Å²) < 4.78 is 9.53. The summed E-state index contributed by atoms with van der Waals surface area (Å²) in [7, 11) is 1.30. The molecule has 0 atom stereocenters. The first-order chi connectivity index (χ1) is 9.11. The Bertz CT molecular complexity index is 602. The van der Waals surface area contributed by atoms with Crippen LogP contribution in [0.15, 0.2) is 41.2 Å². The number of rotatable bonds is 3. The summed E-state index contributed by atoms with van der Waals surface area (Å²) in [5.74, 6) is -0.839. The molecule has 98 valence electrons. The van der Waals surface area contributed by atoms with E-state index in [1.807, 2.05) is 6.92 Å². The van der Waals surface area contributed by atoms with E-state index >= 15 is 0 Å². The van der Waals surface area contributed by atoms with Crippen LogP contribution in [-0.2, 0) is 4.74 Å². The van der Waals surface area contributed by atoms with Crippen LogP contribution in [0.1, 0.15) is 26.3 Å². The van der Waals surface area contributed by atoms with Crippen LogP contribution in [0.3, 0.4) is 0 Å². The van der Waals surface area contributed by atoms with E-state index in [0.29, 0.717) is 16.8 Å². The van der Waals surface area contributed by atoms with Gasteiger partial charge < -0.3 is 14.5 Å². The predicted octanol–water partition coefficient (Wildman–Crippen LogP) is 2.63. The molecular weight excluding hydrogens is 246 g/mol. The molecule has 0 spiro atoms. The van der Waals surface area contributed by atoms with Crippen molar-refractivity contribution < 1.29 is 18.7 Å². The van der Waals surface area contributed by atoms with Gasteiger partial charge in [-0.15, -0.1) is 0 Å². The van der Waals surface area contributed by atoms with Gasteiger partial charge in [0.1, 0.15) is 6.26 Å². The van der Waals surface area contributed by atoms with Gasteiger partial charge in [-0.25, -0.2) is 4.79 Å². The highest BCUT2D eigenvalue weighted by Gasteiger charge is 2.15. The van der Waals surface area contributed by atoms with E-state index in [-0.39, 0.29) is 5.91 Å². The van der Waals surface area contributed by atoms with Crippen molar-refractivity contribution in [1.29, 1.82) is 0 Å². The molecule has 2 rings (SSSR count). The van der Waals surface area contributed by atoms with E-state index in [4.69, 9.17) is 9.15 Å². The zero-order valence-electron chi connectivity index (χ0n) is 10.6. The summed E-state index contributed by atoms with van der Waals surface area (Å²) >= 11 is 0. The normalized spacial score (nSPS) is 10.0. The fraction of sp³-hybridized carbons (Fsp3) is 0.143. The number of amides is 1. The smallest absolute Gasteiger partial charge is 0.339 e. The number of carbonyl (C=O) groups excluding carboxylic acids is 2. The summed E-state index contributed by atoms with van der Waals surface area (Å²) in [4.78, 5) is 23.6. The molecule has 0 bridgehead atoms. The molecule has 1 N–H and O–H groups in total. The van der Waals surface area contributed by atoms with Crippen molar-refractivity contribution >= 4 is 17.6 Å². The number of ether oxygens (including phenoxy) is 1. The zero-order valence-corrected chi connectivity index (χ0v) is 10.6. The Balaban J connectivity index is 2.29. The van der Waals surface area contributed by atoms with E-state index in [0.717, 1.165) is 5.56 Å². The standard InChI is InChI=1S/C14H13NO4/c1-9-3-4-12(11(7-9)14(17)18-2)15-13(16)10-5-6-19-8-10/h3-8H,1-2H3,(H,15,16). The maximum atomic E-state index is 11.9. The molecule has 2 aromatic rings. The summed E-state index contributed by atoms with van der Waals surface area (Å²) in [6.07, 6.45) is 2.74. The minimum absolute atomic E-state index is 0.319. The Hall–Kier alpha value is -2.56. The van der Waals surface area contributed by atoms with Crippen LogP contribution in [0.25, 0.3) is 0 Å². The van der Waals surface area contributed by atoms with Crippen LogP contribution in [0.4, 0.5) is 5.69 Å². The fourth-order valence-corrected chi connectivity index (χ4v) is 1.63. The first-order valence-electron chi connectivity index (χ1n) is 5.64. The maximum absolute atomic E-state index is 11.9. The third-order valence-electron chi connectivity index (χ3n) is 2.61. The van der Waals surface area contributed by atoms with Gasteiger partial charge in [-0.05, 0) is 25.1 Å². The largest absolute Gasteiger partial charge is 0.472 e. The maximum Gasteiger partial charge on any atom is 0.339 e. The van der Waals surface area contributed by atoms with Crippen molar-refractivity contribution in [3.63, 3.8) is 0 Å². The molecule has 0 saturated carbocycles. The molecule has 1 aromatic heterocycles. The molecule has 0 aliphatic rings. The van der Waals surface area contributed by atoms with Crippen LogP contribution in [0.2, 0.25) is 0 Å². The van der Waals surface area contributed by atoms with E-state index in [9.17, 15) is 9.59 Å². The molecule has 0 aliphatic carbocycles. The third kappa shape index (κ3) is 2.82. The lowest BCUT2D eigenvalue weighted by atomic mass is 10.1. The van der Waals surface area contributed by atoms with Crippen molar-refractivity contribution in [2.75, 3.05) is 12.4 Å². The van der Waals surface area contributed by atoms with Crippen molar-refractivity contribution in [2.24, 2.45) is 0 Å². The molecule has 1 heterocycles. The number of carbonyl (C=O) groups is 2. The summed E-state index contributed by atoms with van der Waals surface area (Å²) in [5, 5.41) is 2.66. The molecule has 1 aromatic carbocycles. The molecular formula is C14H13NO4. The molecule has 0 aliphatic heterocycles. The molecule has 0 radical (unpaired) electrons. The van der Waals surface area contributed by atoms with Crippen LogP contribution in [0, 0.1) is 6.92 Å². The van der Waals surface area contributed by atoms with Gasteiger partial charge in [0.15, 0.2) is 0 Å². The van der Waals surface area contributed by atoms with Crippen LogP contribution in [0.5, 0.6) is 0 Å². The second-order valence-corrected chi connectivity index (χ2v) is 4.01. The number of aryl methyl sites for hydroxylation is 1. The average Bonchev–Trinajstić information content (AvgIpc) is 2.94. The first kappa shape index (κ1) is 12.9. The number of hydrogen-bond donors (Lipinski definition) is 1. The van der Waals surface area contributed by atoms with Gasteiger partial charge in [0.25, 0.3) is 5.91 Å². The lowest BCUT2D eigenvalue weighted by Gasteiger charge is -2.09. The van der Waals surface area contributed by atoms with E-state index < -0.39 is 5.97 Å². The minimum Gasteiger partial charge on any atom is -0.472 e. The van der Waals surface area contributed by atoms with Crippen LogP contribution >= 0.6 is 0 Å². The van der Waals surface area contributed by atoms with Gasteiger partial charge in [-0.1, -0.05) is 11.6 Å². The number of benzene rings is 1. The Morgan fingerprint density at radius 3 is 2.68 bits per heavy atom. The Labute approximate surface area is 110 Å². The first-order valence-corrected chi connectivity index (χ1v) is 5.64. The molecule has 0 fully saturated rings. The van der Waals surface area contributed by atoms with E-state index in [1.165, 1.54) is 19.6 Å². The van der Waals surface area contributed by atoms with Crippen LogP contribution < -0.4 is 5.32 Å². The number of hydrogen-bond acceptors (Lipinski definition) is 4. The van der Waals surface area contributed by atoms with Crippen LogP contribution in [-0.4, -0.2) is 19.0 Å². The summed E-state index contributed by atoms with van der Waals surface area (Å²) in [6, 6.07) is 6.68. The highest BCUT2D eigenvalue weighted by Crippen LogP contribution is 2.19. The van der Waals surface area contributed by atoms with Crippen molar-refractivity contribution in [3.8, 4) is 0 Å². The van der Waals surface area contributed by atoms with Gasteiger partial charge in [0, 0.05) is 0 Å². The SMILES string of the molecule is COC(=O)c1cc(C)ccc1NC(=O)c1ccoc1. The van der Waals surface area contributed by atoms with Crippen molar-refractivity contribution in [1.82, 2.24) is 0 Å². The highest BCUT2D eigenvalue weighted by molar-refractivity contribution is 6.07. The van der Waals surface area contributed by atoms with E-state index in [2.05, 4.69) is 5.32 Å². The van der Waals surface area contributed by atoms with Gasteiger partial charge in [0.05, 0.1) is 30.2 Å². The highest BCUT2D eigenvalue weighted by atomic mass is 16.5.